The van der Waals surface area contributed by atoms with Crippen molar-refractivity contribution in [3.63, 3.8) is 0 Å². The summed E-state index contributed by atoms with van der Waals surface area (Å²) in [4.78, 5) is 10.7. The van der Waals surface area contributed by atoms with Crippen molar-refractivity contribution in [1.29, 1.82) is 0 Å². The summed E-state index contributed by atoms with van der Waals surface area (Å²) in [6.45, 7) is 1.64. The van der Waals surface area contributed by atoms with Gasteiger partial charge in [0.05, 0.1) is 5.92 Å². The fourth-order valence-corrected chi connectivity index (χ4v) is 2.35. The summed E-state index contributed by atoms with van der Waals surface area (Å²) in [6.07, 6.45) is 2.72. The zero-order valence-corrected chi connectivity index (χ0v) is 7.03. The van der Waals surface area contributed by atoms with Crippen LogP contribution in [0.4, 0.5) is 0 Å². The average molecular weight is 170 g/mol. The van der Waals surface area contributed by atoms with Gasteiger partial charge in [-0.05, 0) is 31.1 Å². The minimum Gasteiger partial charge on any atom is -0.481 e. The summed E-state index contributed by atoms with van der Waals surface area (Å²) < 4.78 is 5.33. The molecule has 3 nitrogen and oxygen atoms in total. The van der Waals surface area contributed by atoms with Crippen LogP contribution in [0.2, 0.25) is 0 Å². The van der Waals surface area contributed by atoms with Crippen molar-refractivity contribution in [2.75, 3.05) is 13.2 Å². The van der Waals surface area contributed by atoms with Gasteiger partial charge in [0.2, 0.25) is 0 Å². The van der Waals surface area contributed by atoms with E-state index in [2.05, 4.69) is 0 Å². The van der Waals surface area contributed by atoms with E-state index >= 15 is 0 Å². The van der Waals surface area contributed by atoms with Crippen LogP contribution >= 0.6 is 0 Å². The van der Waals surface area contributed by atoms with E-state index in [1.54, 1.807) is 0 Å². The zero-order valence-electron chi connectivity index (χ0n) is 7.03. The Bertz CT molecular complexity index is 190. The van der Waals surface area contributed by atoms with Crippen LogP contribution in [0.1, 0.15) is 19.3 Å². The van der Waals surface area contributed by atoms with Crippen molar-refractivity contribution in [1.82, 2.24) is 0 Å². The lowest BCUT2D eigenvalue weighted by molar-refractivity contribution is -0.143. The lowest BCUT2D eigenvalue weighted by atomic mass is 9.76. The van der Waals surface area contributed by atoms with Crippen LogP contribution in [-0.4, -0.2) is 24.3 Å². The Morgan fingerprint density at radius 3 is 2.75 bits per heavy atom. The number of hydrogen-bond acceptors (Lipinski definition) is 2. The fraction of sp³-hybridized carbons (Fsp3) is 0.889. The number of ether oxygens (including phenoxy) is 1. The molecule has 3 atom stereocenters. The monoisotopic (exact) mass is 170 g/mol. The van der Waals surface area contributed by atoms with Gasteiger partial charge in [-0.15, -0.1) is 0 Å². The Hall–Kier alpha value is -0.570. The van der Waals surface area contributed by atoms with Gasteiger partial charge in [0, 0.05) is 13.2 Å². The molecule has 1 heterocycles. The minimum atomic E-state index is -0.625. The van der Waals surface area contributed by atoms with Gasteiger partial charge in [-0.1, -0.05) is 0 Å². The number of carboxylic acid groups (broad SMARTS) is 1. The Morgan fingerprint density at radius 1 is 1.25 bits per heavy atom. The molecule has 1 saturated carbocycles. The quantitative estimate of drug-likeness (QED) is 0.641. The van der Waals surface area contributed by atoms with E-state index in [4.69, 9.17) is 9.84 Å². The summed E-state index contributed by atoms with van der Waals surface area (Å²) in [5.74, 6) is 0.453. The Labute approximate surface area is 71.7 Å². The van der Waals surface area contributed by atoms with Crippen LogP contribution in [0.15, 0.2) is 0 Å². The number of aliphatic carboxylic acids is 1. The smallest absolute Gasteiger partial charge is 0.306 e. The van der Waals surface area contributed by atoms with E-state index in [1.807, 2.05) is 0 Å². The van der Waals surface area contributed by atoms with Gasteiger partial charge in [-0.25, -0.2) is 0 Å². The highest BCUT2D eigenvalue weighted by molar-refractivity contribution is 5.70. The number of carboxylic acids is 1. The van der Waals surface area contributed by atoms with E-state index in [0.29, 0.717) is 11.8 Å². The average Bonchev–Trinajstić information content (AvgIpc) is 2.49. The molecule has 68 valence electrons. The van der Waals surface area contributed by atoms with Crippen molar-refractivity contribution < 1.29 is 14.6 Å². The molecule has 2 aliphatic rings. The highest BCUT2D eigenvalue weighted by atomic mass is 16.5. The van der Waals surface area contributed by atoms with Gasteiger partial charge in [-0.2, -0.15) is 0 Å². The van der Waals surface area contributed by atoms with E-state index < -0.39 is 5.97 Å². The Kier molecular flexibility index (Phi) is 2.05. The standard InChI is InChI=1S/C9H14O3/c10-9(11)6-1-2-7-4-12-5-8(7)3-6/h6-8H,1-5H2,(H,10,11). The maximum absolute atomic E-state index is 10.7. The first kappa shape index (κ1) is 8.05. The SMILES string of the molecule is O=C(O)C1CCC2COCC2C1. The topological polar surface area (TPSA) is 46.5 Å². The third-order valence-electron chi connectivity index (χ3n) is 3.15. The second kappa shape index (κ2) is 3.05. The van der Waals surface area contributed by atoms with E-state index in [-0.39, 0.29) is 5.92 Å². The molecule has 1 N–H and O–H groups in total. The molecule has 3 unspecified atom stereocenters. The number of rotatable bonds is 1. The van der Waals surface area contributed by atoms with Crippen molar-refractivity contribution in [3.8, 4) is 0 Å². The van der Waals surface area contributed by atoms with Gasteiger partial charge < -0.3 is 9.84 Å². The molecule has 0 aromatic rings. The second-order valence-electron chi connectivity index (χ2n) is 3.91. The van der Waals surface area contributed by atoms with E-state index in [9.17, 15) is 4.79 Å². The van der Waals surface area contributed by atoms with Gasteiger partial charge in [0.15, 0.2) is 0 Å². The molecule has 0 bridgehead atoms. The maximum Gasteiger partial charge on any atom is 0.306 e. The molecule has 1 aliphatic carbocycles. The van der Waals surface area contributed by atoms with Crippen LogP contribution in [0.3, 0.4) is 0 Å². The summed E-state index contributed by atoms with van der Waals surface area (Å²) in [5.41, 5.74) is 0. The van der Waals surface area contributed by atoms with Crippen molar-refractivity contribution in [2.45, 2.75) is 19.3 Å². The molecule has 0 spiro atoms. The Morgan fingerprint density at radius 2 is 2.00 bits per heavy atom. The predicted octanol–water partition coefficient (Wildman–Crippen LogP) is 1.13. The maximum atomic E-state index is 10.7. The molecule has 0 aromatic heterocycles. The summed E-state index contributed by atoms with van der Waals surface area (Å²) in [5, 5.41) is 8.82. The first-order valence-electron chi connectivity index (χ1n) is 4.58. The zero-order chi connectivity index (χ0) is 8.55. The van der Waals surface area contributed by atoms with Gasteiger partial charge in [0.25, 0.3) is 0 Å². The van der Waals surface area contributed by atoms with Gasteiger partial charge >= 0.3 is 5.97 Å². The molecule has 3 heteroatoms. The number of hydrogen-bond donors (Lipinski definition) is 1. The molecule has 12 heavy (non-hydrogen) atoms. The number of carbonyl (C=O) groups is 1. The van der Waals surface area contributed by atoms with Gasteiger partial charge in [-0.3, -0.25) is 4.79 Å². The molecule has 0 amide bonds. The van der Waals surface area contributed by atoms with Crippen molar-refractivity contribution >= 4 is 5.97 Å². The summed E-state index contributed by atoms with van der Waals surface area (Å²) in [7, 11) is 0. The normalized spacial score (nSPS) is 40.8. The molecular weight excluding hydrogens is 156 g/mol. The lowest BCUT2D eigenvalue weighted by Crippen LogP contribution is -2.27. The Balaban J connectivity index is 1.96. The van der Waals surface area contributed by atoms with Crippen LogP contribution in [0, 0.1) is 17.8 Å². The number of fused-ring (bicyclic) bond motifs is 1. The lowest BCUT2D eigenvalue weighted by Gasteiger charge is -2.27. The summed E-state index contributed by atoms with van der Waals surface area (Å²) in [6, 6.07) is 0. The molecule has 0 radical (unpaired) electrons. The van der Waals surface area contributed by atoms with E-state index in [1.165, 1.54) is 0 Å². The highest BCUT2D eigenvalue weighted by Crippen LogP contribution is 2.37. The largest absolute Gasteiger partial charge is 0.481 e. The molecule has 0 aromatic carbocycles. The van der Waals surface area contributed by atoms with Gasteiger partial charge in [0.1, 0.15) is 0 Å². The van der Waals surface area contributed by atoms with Crippen LogP contribution < -0.4 is 0 Å². The highest BCUT2D eigenvalue weighted by Gasteiger charge is 2.37. The minimum absolute atomic E-state index is 0.104. The molecule has 2 fully saturated rings. The molecule has 1 saturated heterocycles. The van der Waals surface area contributed by atoms with Crippen LogP contribution in [0.5, 0.6) is 0 Å². The van der Waals surface area contributed by atoms with Crippen LogP contribution in [-0.2, 0) is 9.53 Å². The molecular formula is C9H14O3. The van der Waals surface area contributed by atoms with Crippen LogP contribution in [0.25, 0.3) is 0 Å². The predicted molar refractivity (Wildman–Crippen MR) is 42.8 cm³/mol. The molecule has 2 rings (SSSR count). The summed E-state index contributed by atoms with van der Waals surface area (Å²) >= 11 is 0. The van der Waals surface area contributed by atoms with Crippen molar-refractivity contribution in [3.05, 3.63) is 0 Å². The van der Waals surface area contributed by atoms with Crippen molar-refractivity contribution in [2.24, 2.45) is 17.8 Å². The third kappa shape index (κ3) is 1.33. The third-order valence-corrected chi connectivity index (χ3v) is 3.15. The second-order valence-corrected chi connectivity index (χ2v) is 3.91. The fourth-order valence-electron chi connectivity index (χ4n) is 2.35. The van der Waals surface area contributed by atoms with E-state index in [0.717, 1.165) is 32.5 Å². The first-order chi connectivity index (χ1) is 5.77. The first-order valence-corrected chi connectivity index (χ1v) is 4.58. The molecule has 1 aliphatic heterocycles.